The zero-order chi connectivity index (χ0) is 27.7. The van der Waals surface area contributed by atoms with Crippen molar-refractivity contribution in [2.45, 2.75) is 71.1 Å². The normalized spacial score (nSPS) is 19.2. The lowest BCUT2D eigenvalue weighted by Crippen LogP contribution is -2.41. The van der Waals surface area contributed by atoms with Gasteiger partial charge in [-0.2, -0.15) is 9.78 Å². The van der Waals surface area contributed by atoms with Crippen LogP contribution in [0.4, 0.5) is 4.79 Å². The van der Waals surface area contributed by atoms with Gasteiger partial charge in [-0.1, -0.05) is 53.5 Å². The van der Waals surface area contributed by atoms with Gasteiger partial charge in [-0.25, -0.2) is 4.79 Å². The molecule has 5 rings (SSSR count). The third-order valence-corrected chi connectivity index (χ3v) is 7.97. The van der Waals surface area contributed by atoms with Crippen LogP contribution in [0.1, 0.15) is 56.0 Å². The largest absolute Gasteiger partial charge is 0.489 e. The van der Waals surface area contributed by atoms with Gasteiger partial charge in [0.05, 0.1) is 11.9 Å². The molecular weight excluding hydrogens is 537 g/mol. The number of aromatic nitrogens is 2. The monoisotopic (exact) mass is 569 g/mol. The second-order valence-electron chi connectivity index (χ2n) is 11.3. The van der Waals surface area contributed by atoms with E-state index in [1.54, 1.807) is 18.3 Å². The molecule has 0 radical (unpaired) electrons. The van der Waals surface area contributed by atoms with E-state index in [0.29, 0.717) is 48.2 Å². The lowest BCUT2D eigenvalue weighted by atomic mass is 9.92. The van der Waals surface area contributed by atoms with Crippen LogP contribution in [0.2, 0.25) is 10.0 Å². The Bertz CT molecular complexity index is 1340. The van der Waals surface area contributed by atoms with Gasteiger partial charge in [-0.15, -0.1) is 0 Å². The first kappa shape index (κ1) is 27.5. The highest BCUT2D eigenvalue weighted by molar-refractivity contribution is 6.36. The second-order valence-corrected chi connectivity index (χ2v) is 12.1. The first-order chi connectivity index (χ1) is 18.6. The molecule has 2 aromatic carbocycles. The maximum Gasteiger partial charge on any atom is 0.435 e. The van der Waals surface area contributed by atoms with Gasteiger partial charge in [-0.3, -0.25) is 4.79 Å². The van der Waals surface area contributed by atoms with Crippen LogP contribution in [0.15, 0.2) is 48.7 Å². The molecular formula is C30H33Cl2N3O4. The van der Waals surface area contributed by atoms with Gasteiger partial charge in [0.15, 0.2) is 0 Å². The number of carbonyl (C=O) groups is 2. The minimum atomic E-state index is -0.592. The molecule has 0 saturated carbocycles. The molecule has 1 fully saturated rings. The van der Waals surface area contributed by atoms with Crippen molar-refractivity contribution < 1.29 is 19.1 Å². The summed E-state index contributed by atoms with van der Waals surface area (Å²) in [4.78, 5) is 28.0. The number of likely N-dealkylation sites (tertiary alicyclic amines) is 1. The van der Waals surface area contributed by atoms with Crippen molar-refractivity contribution in [1.82, 2.24) is 14.7 Å². The molecule has 1 amide bonds. The predicted octanol–water partition coefficient (Wildman–Crippen LogP) is 6.50. The Balaban J connectivity index is 1.21. The van der Waals surface area contributed by atoms with Crippen molar-refractivity contribution in [3.63, 3.8) is 0 Å². The topological polar surface area (TPSA) is 73.7 Å². The molecule has 1 aromatic heterocycles. The number of nitrogens with zero attached hydrogens (tertiary/aromatic N) is 3. The molecule has 1 aliphatic carbocycles. The maximum absolute atomic E-state index is 13.5. The molecule has 0 N–H and O–H groups in total. The Labute approximate surface area is 239 Å². The van der Waals surface area contributed by atoms with Crippen LogP contribution >= 0.6 is 23.2 Å². The van der Waals surface area contributed by atoms with E-state index < -0.39 is 11.7 Å². The van der Waals surface area contributed by atoms with Crippen LogP contribution in [-0.2, 0) is 35.4 Å². The van der Waals surface area contributed by atoms with E-state index in [1.165, 1.54) is 4.68 Å². The van der Waals surface area contributed by atoms with Gasteiger partial charge in [0.2, 0.25) is 5.91 Å². The van der Waals surface area contributed by atoms with E-state index in [9.17, 15) is 9.59 Å². The summed E-state index contributed by atoms with van der Waals surface area (Å²) in [6, 6.07) is 13.5. The lowest BCUT2D eigenvalue weighted by Gasteiger charge is -2.31. The second kappa shape index (κ2) is 11.2. The molecule has 1 saturated heterocycles. The molecule has 0 bridgehead atoms. The third-order valence-electron chi connectivity index (χ3n) is 7.30. The molecule has 2 atom stereocenters. The fraction of sp³-hybridized carbons (Fsp3) is 0.433. The van der Waals surface area contributed by atoms with Crippen molar-refractivity contribution in [2.24, 2.45) is 5.92 Å². The van der Waals surface area contributed by atoms with Crippen LogP contribution in [0, 0.1) is 5.92 Å². The first-order valence-electron chi connectivity index (χ1n) is 13.3. The SMILES string of the molecule is CC(C)(C)OC(=O)n1ncc2c1CC[C@H](N1CC[C@@H](Cc3c(Cl)cc(OCc4ccccc4)cc3Cl)C1=O)C2. The van der Waals surface area contributed by atoms with Gasteiger partial charge in [0, 0.05) is 28.5 Å². The fourth-order valence-corrected chi connectivity index (χ4v) is 6.01. The zero-order valence-corrected chi connectivity index (χ0v) is 24.0. The summed E-state index contributed by atoms with van der Waals surface area (Å²) in [5.41, 5.74) is 3.10. The van der Waals surface area contributed by atoms with Gasteiger partial charge < -0.3 is 14.4 Å². The Kier molecular flexibility index (Phi) is 7.92. The highest BCUT2D eigenvalue weighted by Crippen LogP contribution is 2.36. The maximum atomic E-state index is 13.5. The van der Waals surface area contributed by atoms with Crippen molar-refractivity contribution in [2.75, 3.05) is 6.54 Å². The van der Waals surface area contributed by atoms with Crippen LogP contribution in [0.25, 0.3) is 0 Å². The number of amides is 1. The van der Waals surface area contributed by atoms with E-state index in [0.717, 1.165) is 35.2 Å². The molecule has 206 valence electrons. The number of halogens is 2. The molecule has 3 aromatic rings. The molecule has 7 nitrogen and oxygen atoms in total. The molecule has 1 aliphatic heterocycles. The summed E-state index contributed by atoms with van der Waals surface area (Å²) < 4.78 is 12.7. The number of benzene rings is 2. The number of rotatable bonds is 6. The van der Waals surface area contributed by atoms with Gasteiger partial charge in [0.25, 0.3) is 0 Å². The Morgan fingerprint density at radius 1 is 1.10 bits per heavy atom. The van der Waals surface area contributed by atoms with E-state index in [1.807, 2.05) is 56.0 Å². The Morgan fingerprint density at radius 2 is 1.82 bits per heavy atom. The lowest BCUT2D eigenvalue weighted by molar-refractivity contribution is -0.133. The summed E-state index contributed by atoms with van der Waals surface area (Å²) in [5.74, 6) is 0.545. The number of hydrogen-bond acceptors (Lipinski definition) is 5. The number of carbonyl (C=O) groups excluding carboxylic acids is 2. The van der Waals surface area contributed by atoms with Crippen LogP contribution in [0.3, 0.4) is 0 Å². The minimum absolute atomic E-state index is 0.0750. The van der Waals surface area contributed by atoms with E-state index in [2.05, 4.69) is 5.10 Å². The van der Waals surface area contributed by atoms with Crippen LogP contribution in [-0.4, -0.2) is 44.9 Å². The first-order valence-corrected chi connectivity index (χ1v) is 14.1. The fourth-order valence-electron chi connectivity index (χ4n) is 5.39. The zero-order valence-electron chi connectivity index (χ0n) is 22.5. The summed E-state index contributed by atoms with van der Waals surface area (Å²) in [7, 11) is 0. The average molecular weight is 571 g/mol. The smallest absolute Gasteiger partial charge is 0.435 e. The van der Waals surface area contributed by atoms with Crippen molar-refractivity contribution in [3.8, 4) is 5.75 Å². The number of fused-ring (bicyclic) bond motifs is 1. The predicted molar refractivity (Wildman–Crippen MR) is 150 cm³/mol. The minimum Gasteiger partial charge on any atom is -0.489 e. The van der Waals surface area contributed by atoms with Crippen LogP contribution in [0.5, 0.6) is 5.75 Å². The molecule has 39 heavy (non-hydrogen) atoms. The standard InChI is InChI=1S/C30H33Cl2N3O4/c1-30(2,3)39-29(37)35-27-10-9-22(13-21(27)17-33-35)34-12-11-20(28(34)36)14-24-25(31)15-23(16-26(24)32)38-18-19-7-5-4-6-8-19/h4-8,15-17,20,22H,9-14,18H2,1-3H3/t20-,22-/m0/s1. The van der Waals surface area contributed by atoms with Gasteiger partial charge >= 0.3 is 6.09 Å². The highest BCUT2D eigenvalue weighted by Gasteiger charge is 2.38. The quantitative estimate of drug-likeness (QED) is 0.338. The average Bonchev–Trinajstić information content (AvgIpc) is 3.47. The summed E-state index contributed by atoms with van der Waals surface area (Å²) in [6.07, 6.45) is 4.60. The van der Waals surface area contributed by atoms with Crippen molar-refractivity contribution >= 4 is 35.2 Å². The Hall–Kier alpha value is -3.03. The van der Waals surface area contributed by atoms with E-state index >= 15 is 0 Å². The van der Waals surface area contributed by atoms with Crippen LogP contribution < -0.4 is 4.74 Å². The number of ether oxygens (including phenoxy) is 2. The summed E-state index contributed by atoms with van der Waals surface area (Å²) >= 11 is 13.2. The van der Waals surface area contributed by atoms with Gasteiger partial charge in [-0.05, 0) is 81.7 Å². The van der Waals surface area contributed by atoms with E-state index in [4.69, 9.17) is 32.7 Å². The van der Waals surface area contributed by atoms with Gasteiger partial charge in [0.1, 0.15) is 18.0 Å². The Morgan fingerprint density at radius 3 is 2.51 bits per heavy atom. The molecule has 0 unspecified atom stereocenters. The molecule has 9 heteroatoms. The molecule has 2 aliphatic rings. The van der Waals surface area contributed by atoms with Crippen molar-refractivity contribution in [1.29, 1.82) is 0 Å². The van der Waals surface area contributed by atoms with Crippen molar-refractivity contribution in [3.05, 3.63) is 81.1 Å². The highest BCUT2D eigenvalue weighted by atomic mass is 35.5. The van der Waals surface area contributed by atoms with E-state index in [-0.39, 0.29) is 17.9 Å². The molecule has 2 heterocycles. The number of hydrogen-bond donors (Lipinski definition) is 0. The summed E-state index contributed by atoms with van der Waals surface area (Å²) in [5, 5.41) is 5.30. The molecule has 0 spiro atoms. The third kappa shape index (κ3) is 6.25. The summed E-state index contributed by atoms with van der Waals surface area (Å²) in [6.45, 7) is 6.61.